The second-order valence-corrected chi connectivity index (χ2v) is 10.2. The molecule has 0 bridgehead atoms. The van der Waals surface area contributed by atoms with Gasteiger partial charge >= 0.3 is 0 Å². The van der Waals surface area contributed by atoms with E-state index in [1.165, 1.54) is 21.9 Å². The number of aryl methyl sites for hydroxylation is 4. The highest BCUT2D eigenvalue weighted by molar-refractivity contribution is 7.89. The number of carbonyl (C=O) groups excluding carboxylic acids is 1. The molecule has 1 N–H and O–H groups in total. The normalized spacial score (nSPS) is 13.6. The Morgan fingerprint density at radius 2 is 1.84 bits per heavy atom. The van der Waals surface area contributed by atoms with Gasteiger partial charge in [0.2, 0.25) is 15.9 Å². The first-order chi connectivity index (χ1) is 15.3. The van der Waals surface area contributed by atoms with E-state index in [-0.39, 0.29) is 10.8 Å². The topological polar surface area (TPSA) is 84.3 Å². The summed E-state index contributed by atoms with van der Waals surface area (Å²) in [5.41, 5.74) is 5.01. The Balaban J connectivity index is 1.47. The van der Waals surface area contributed by atoms with E-state index >= 15 is 0 Å². The van der Waals surface area contributed by atoms with E-state index in [1.807, 2.05) is 31.5 Å². The third-order valence-corrected chi connectivity index (χ3v) is 8.29. The van der Waals surface area contributed by atoms with E-state index in [2.05, 4.69) is 22.4 Å². The van der Waals surface area contributed by atoms with Crippen LogP contribution in [0.3, 0.4) is 0 Å². The summed E-state index contributed by atoms with van der Waals surface area (Å²) in [6.07, 6.45) is 4.15. The van der Waals surface area contributed by atoms with E-state index < -0.39 is 10.0 Å². The number of carbonyl (C=O) groups is 1. The van der Waals surface area contributed by atoms with Gasteiger partial charge in [-0.05, 0) is 60.7 Å². The smallest absolute Gasteiger partial charge is 0.243 e. The molecule has 8 heteroatoms. The number of benzene rings is 2. The van der Waals surface area contributed by atoms with Crippen LogP contribution in [0, 0.1) is 0 Å². The fourth-order valence-corrected chi connectivity index (χ4v) is 5.90. The molecule has 0 saturated carbocycles. The molecule has 0 spiro atoms. The third-order valence-electron chi connectivity index (χ3n) is 6.25. The number of rotatable bonds is 8. The number of anilines is 1. The van der Waals surface area contributed by atoms with E-state index in [9.17, 15) is 13.2 Å². The monoisotopic (exact) mass is 454 g/mol. The summed E-state index contributed by atoms with van der Waals surface area (Å²) in [6.45, 7) is 4.49. The number of aromatic nitrogens is 2. The molecule has 0 saturated heterocycles. The van der Waals surface area contributed by atoms with Crippen LogP contribution >= 0.6 is 0 Å². The number of imidazole rings is 1. The van der Waals surface area contributed by atoms with Crippen molar-refractivity contribution in [1.29, 1.82) is 0 Å². The van der Waals surface area contributed by atoms with Crippen LogP contribution in [0.25, 0.3) is 11.0 Å². The van der Waals surface area contributed by atoms with Crippen LogP contribution in [0.1, 0.15) is 43.6 Å². The second kappa shape index (κ2) is 9.03. The standard InChI is InChI=1S/C24H30N4O3S/c1-4-28(5-2)32(30,31)20-11-12-22-21(16-20)26-23(27(22)3)13-14-24(29)25-19-10-9-17-7-6-8-18(17)15-19/h9-12,15-16H,4-8,13-14H2,1-3H3,(H,25,29). The van der Waals surface area contributed by atoms with Gasteiger partial charge < -0.3 is 9.88 Å². The Morgan fingerprint density at radius 1 is 1.09 bits per heavy atom. The Bertz CT molecular complexity index is 1260. The van der Waals surface area contributed by atoms with Crippen LogP contribution in [-0.2, 0) is 41.1 Å². The summed E-state index contributed by atoms with van der Waals surface area (Å²) >= 11 is 0. The summed E-state index contributed by atoms with van der Waals surface area (Å²) in [7, 11) is -1.65. The Labute approximate surface area is 189 Å². The van der Waals surface area contributed by atoms with Crippen molar-refractivity contribution in [2.24, 2.45) is 7.05 Å². The minimum absolute atomic E-state index is 0.0557. The molecular weight excluding hydrogens is 424 g/mol. The van der Waals surface area contributed by atoms with Gasteiger partial charge in [0, 0.05) is 38.7 Å². The van der Waals surface area contributed by atoms with Gasteiger partial charge in [0.25, 0.3) is 0 Å². The first-order valence-corrected chi connectivity index (χ1v) is 12.6. The molecule has 1 heterocycles. The van der Waals surface area contributed by atoms with Gasteiger partial charge in [-0.1, -0.05) is 19.9 Å². The number of nitrogens with zero attached hydrogens (tertiary/aromatic N) is 3. The van der Waals surface area contributed by atoms with Gasteiger partial charge in [-0.15, -0.1) is 0 Å². The molecule has 0 fully saturated rings. The SMILES string of the molecule is CCN(CC)S(=O)(=O)c1ccc2c(c1)nc(CCC(=O)Nc1ccc3c(c1)CCC3)n2C. The van der Waals surface area contributed by atoms with Gasteiger partial charge in [-0.3, -0.25) is 4.79 Å². The molecule has 1 amide bonds. The zero-order valence-corrected chi connectivity index (χ0v) is 19.7. The van der Waals surface area contributed by atoms with Crippen molar-refractivity contribution in [3.8, 4) is 0 Å². The molecular formula is C24H30N4O3S. The van der Waals surface area contributed by atoms with E-state index in [0.717, 1.165) is 29.9 Å². The third kappa shape index (κ3) is 4.29. The minimum atomic E-state index is -3.54. The molecule has 0 radical (unpaired) electrons. The summed E-state index contributed by atoms with van der Waals surface area (Å²) in [5, 5.41) is 2.99. The zero-order chi connectivity index (χ0) is 22.9. The van der Waals surface area contributed by atoms with Gasteiger partial charge in [-0.2, -0.15) is 4.31 Å². The number of fused-ring (bicyclic) bond motifs is 2. The van der Waals surface area contributed by atoms with Crippen LogP contribution < -0.4 is 5.32 Å². The van der Waals surface area contributed by atoms with Gasteiger partial charge in [-0.25, -0.2) is 13.4 Å². The largest absolute Gasteiger partial charge is 0.331 e. The first-order valence-electron chi connectivity index (χ1n) is 11.2. The van der Waals surface area contributed by atoms with Gasteiger partial charge in [0.15, 0.2) is 0 Å². The zero-order valence-electron chi connectivity index (χ0n) is 18.9. The molecule has 32 heavy (non-hydrogen) atoms. The molecule has 1 aliphatic carbocycles. The van der Waals surface area contributed by atoms with Crippen molar-refractivity contribution >= 4 is 32.7 Å². The Hall–Kier alpha value is -2.71. The van der Waals surface area contributed by atoms with Crippen molar-refractivity contribution in [1.82, 2.24) is 13.9 Å². The van der Waals surface area contributed by atoms with E-state index in [1.54, 1.807) is 18.2 Å². The van der Waals surface area contributed by atoms with Crippen LogP contribution in [0.15, 0.2) is 41.3 Å². The number of sulfonamides is 1. The highest BCUT2D eigenvalue weighted by Crippen LogP contribution is 2.25. The molecule has 1 aromatic heterocycles. The average Bonchev–Trinajstić information content (AvgIpc) is 3.36. The predicted octanol–water partition coefficient (Wildman–Crippen LogP) is 3.66. The van der Waals surface area contributed by atoms with Gasteiger partial charge in [0.05, 0.1) is 15.9 Å². The molecule has 2 aromatic carbocycles. The molecule has 4 rings (SSSR count). The lowest BCUT2D eigenvalue weighted by molar-refractivity contribution is -0.116. The molecule has 0 aliphatic heterocycles. The Morgan fingerprint density at radius 3 is 2.59 bits per heavy atom. The molecule has 0 unspecified atom stereocenters. The predicted molar refractivity (Wildman–Crippen MR) is 126 cm³/mol. The van der Waals surface area contributed by atoms with Crippen molar-refractivity contribution in [3.63, 3.8) is 0 Å². The van der Waals surface area contributed by atoms with Crippen LogP contribution in [0.5, 0.6) is 0 Å². The van der Waals surface area contributed by atoms with Crippen molar-refractivity contribution in [3.05, 3.63) is 53.3 Å². The summed E-state index contributed by atoms with van der Waals surface area (Å²) in [5.74, 6) is 0.696. The second-order valence-electron chi connectivity index (χ2n) is 8.21. The summed E-state index contributed by atoms with van der Waals surface area (Å²) in [6, 6.07) is 11.2. The maximum absolute atomic E-state index is 12.8. The molecule has 170 valence electrons. The summed E-state index contributed by atoms with van der Waals surface area (Å²) < 4.78 is 29.0. The van der Waals surface area contributed by atoms with Crippen LogP contribution in [0.2, 0.25) is 0 Å². The fourth-order valence-electron chi connectivity index (χ4n) is 4.42. The summed E-state index contributed by atoms with van der Waals surface area (Å²) in [4.78, 5) is 17.4. The van der Waals surface area contributed by atoms with Gasteiger partial charge in [0.1, 0.15) is 5.82 Å². The minimum Gasteiger partial charge on any atom is -0.331 e. The van der Waals surface area contributed by atoms with Crippen LogP contribution in [0.4, 0.5) is 5.69 Å². The molecule has 3 aromatic rings. The molecule has 0 atom stereocenters. The lowest BCUT2D eigenvalue weighted by Crippen LogP contribution is -2.30. The fraction of sp³-hybridized carbons (Fsp3) is 0.417. The molecule has 7 nitrogen and oxygen atoms in total. The molecule has 1 aliphatic rings. The Kier molecular flexibility index (Phi) is 6.35. The van der Waals surface area contributed by atoms with E-state index in [0.29, 0.717) is 31.4 Å². The van der Waals surface area contributed by atoms with Crippen LogP contribution in [-0.4, -0.2) is 41.3 Å². The van der Waals surface area contributed by atoms with E-state index in [4.69, 9.17) is 0 Å². The lowest BCUT2D eigenvalue weighted by atomic mass is 10.1. The van der Waals surface area contributed by atoms with Crippen molar-refractivity contribution in [2.45, 2.75) is 50.8 Å². The maximum Gasteiger partial charge on any atom is 0.243 e. The number of hydrogen-bond donors (Lipinski definition) is 1. The lowest BCUT2D eigenvalue weighted by Gasteiger charge is -2.18. The quantitative estimate of drug-likeness (QED) is 0.563. The highest BCUT2D eigenvalue weighted by atomic mass is 32.2. The average molecular weight is 455 g/mol. The number of hydrogen-bond acceptors (Lipinski definition) is 4. The van der Waals surface area contributed by atoms with Crippen molar-refractivity contribution < 1.29 is 13.2 Å². The highest BCUT2D eigenvalue weighted by Gasteiger charge is 2.23. The maximum atomic E-state index is 12.8. The number of amides is 1. The van der Waals surface area contributed by atoms with Crippen molar-refractivity contribution in [2.75, 3.05) is 18.4 Å². The number of nitrogens with one attached hydrogen (secondary N) is 1. The first kappa shape index (κ1) is 22.5.